The Labute approximate surface area is 290 Å². The van der Waals surface area contributed by atoms with Crippen molar-refractivity contribution in [3.8, 4) is 39.3 Å². The van der Waals surface area contributed by atoms with Crippen LogP contribution < -0.4 is 0 Å². The summed E-state index contributed by atoms with van der Waals surface area (Å²) in [7, 11) is 0. The SMILES string of the molecule is c1ccc(-c2ccc(-c3nc4c(ccc5ccccc54)nc3-n3c4ccc5cccc6c5c4c4c5c(ccc43)sc3cccc-6c35)cc2)cc1. The van der Waals surface area contributed by atoms with Crippen molar-refractivity contribution in [1.29, 1.82) is 0 Å². The van der Waals surface area contributed by atoms with E-state index in [-0.39, 0.29) is 0 Å². The Bertz CT molecular complexity index is 3240. The third kappa shape index (κ3) is 3.43. The van der Waals surface area contributed by atoms with Gasteiger partial charge < -0.3 is 0 Å². The van der Waals surface area contributed by atoms with E-state index < -0.39 is 0 Å². The van der Waals surface area contributed by atoms with Crippen LogP contribution in [0.15, 0.2) is 152 Å². The van der Waals surface area contributed by atoms with E-state index >= 15 is 0 Å². The van der Waals surface area contributed by atoms with Gasteiger partial charge in [0, 0.05) is 41.9 Å². The van der Waals surface area contributed by atoms with E-state index in [0.29, 0.717) is 0 Å². The summed E-state index contributed by atoms with van der Waals surface area (Å²) in [6.45, 7) is 0. The molecular weight excluding hydrogens is 627 g/mol. The van der Waals surface area contributed by atoms with Gasteiger partial charge in [-0.1, -0.05) is 121 Å². The highest BCUT2D eigenvalue weighted by Gasteiger charge is 2.27. The van der Waals surface area contributed by atoms with Crippen molar-refractivity contribution in [2.75, 3.05) is 0 Å². The first-order chi connectivity index (χ1) is 24.8. The van der Waals surface area contributed by atoms with Gasteiger partial charge in [0.1, 0.15) is 5.69 Å². The van der Waals surface area contributed by atoms with Crippen molar-refractivity contribution in [3.63, 3.8) is 0 Å². The van der Waals surface area contributed by atoms with Crippen LogP contribution in [0.25, 0.3) is 114 Å². The van der Waals surface area contributed by atoms with Gasteiger partial charge in [0.2, 0.25) is 0 Å². The molecule has 50 heavy (non-hydrogen) atoms. The largest absolute Gasteiger partial charge is 0.292 e. The highest BCUT2D eigenvalue weighted by Crippen LogP contribution is 2.52. The van der Waals surface area contributed by atoms with Crippen LogP contribution in [0.5, 0.6) is 0 Å². The fourth-order valence-corrected chi connectivity index (χ4v) is 9.67. The zero-order valence-corrected chi connectivity index (χ0v) is 27.5. The summed E-state index contributed by atoms with van der Waals surface area (Å²) in [5, 5.41) is 10.1. The maximum atomic E-state index is 5.55. The predicted octanol–water partition coefficient (Wildman–Crippen LogP) is 12.7. The number of hydrogen-bond acceptors (Lipinski definition) is 3. The van der Waals surface area contributed by atoms with Crippen LogP contribution in [-0.2, 0) is 0 Å². The molecule has 0 amide bonds. The van der Waals surface area contributed by atoms with Gasteiger partial charge in [-0.15, -0.1) is 11.3 Å². The van der Waals surface area contributed by atoms with Crippen molar-refractivity contribution >= 4 is 85.9 Å². The first-order valence-electron chi connectivity index (χ1n) is 17.0. The quantitative estimate of drug-likeness (QED) is 0.178. The molecule has 1 aliphatic carbocycles. The lowest BCUT2D eigenvalue weighted by molar-refractivity contribution is 1.08. The van der Waals surface area contributed by atoms with Crippen LogP contribution in [0.4, 0.5) is 0 Å². The van der Waals surface area contributed by atoms with E-state index in [0.717, 1.165) is 49.9 Å². The Morgan fingerprint density at radius 2 is 1.08 bits per heavy atom. The smallest absolute Gasteiger partial charge is 0.165 e. The number of hydrogen-bond donors (Lipinski definition) is 0. The van der Waals surface area contributed by atoms with Crippen LogP contribution >= 0.6 is 11.3 Å². The predicted molar refractivity (Wildman–Crippen MR) is 212 cm³/mol. The normalized spacial score (nSPS) is 12.4. The molecule has 230 valence electrons. The van der Waals surface area contributed by atoms with Crippen LogP contribution in [-0.4, -0.2) is 14.5 Å². The topological polar surface area (TPSA) is 30.7 Å². The summed E-state index contributed by atoms with van der Waals surface area (Å²) < 4.78 is 5.03. The fraction of sp³-hybridized carbons (Fsp3) is 0. The fourth-order valence-electron chi connectivity index (χ4n) is 8.53. The molecule has 3 heterocycles. The third-order valence-electron chi connectivity index (χ3n) is 10.7. The molecule has 4 heteroatoms. The van der Waals surface area contributed by atoms with E-state index in [1.165, 1.54) is 64.0 Å². The molecule has 0 radical (unpaired) electrons. The summed E-state index contributed by atoms with van der Waals surface area (Å²) in [5.41, 5.74) is 11.0. The number of thiophene rings is 1. The lowest BCUT2D eigenvalue weighted by Gasteiger charge is -2.16. The summed E-state index contributed by atoms with van der Waals surface area (Å²) >= 11 is 1.89. The van der Waals surface area contributed by atoms with Gasteiger partial charge in [0.05, 0.1) is 22.1 Å². The number of rotatable bonds is 3. The van der Waals surface area contributed by atoms with Crippen molar-refractivity contribution < 1.29 is 0 Å². The molecular formula is C46H25N3S. The van der Waals surface area contributed by atoms with Crippen LogP contribution in [0, 0.1) is 0 Å². The molecule has 0 bridgehead atoms. The van der Waals surface area contributed by atoms with Gasteiger partial charge in [-0.2, -0.15) is 0 Å². The molecule has 0 N–H and O–H groups in total. The maximum absolute atomic E-state index is 5.55. The first kappa shape index (κ1) is 26.6. The summed E-state index contributed by atoms with van der Waals surface area (Å²) in [4.78, 5) is 11.1. The molecule has 3 aromatic heterocycles. The van der Waals surface area contributed by atoms with Gasteiger partial charge in [-0.25, -0.2) is 9.97 Å². The second-order valence-electron chi connectivity index (χ2n) is 13.3. The second-order valence-corrected chi connectivity index (χ2v) is 14.4. The van der Waals surface area contributed by atoms with E-state index in [1.807, 2.05) is 11.3 Å². The number of fused-ring (bicyclic) bond motifs is 4. The molecule has 0 saturated carbocycles. The van der Waals surface area contributed by atoms with Gasteiger partial charge in [-0.3, -0.25) is 4.57 Å². The van der Waals surface area contributed by atoms with Crippen molar-refractivity contribution in [2.24, 2.45) is 0 Å². The lowest BCUT2D eigenvalue weighted by atomic mass is 9.95. The molecule has 0 saturated heterocycles. The van der Waals surface area contributed by atoms with E-state index in [1.54, 1.807) is 0 Å². The Hall–Kier alpha value is -6.36. The van der Waals surface area contributed by atoms with Crippen LogP contribution in [0.2, 0.25) is 0 Å². The molecule has 0 atom stereocenters. The average molecular weight is 652 g/mol. The second kappa shape index (κ2) is 9.63. The van der Waals surface area contributed by atoms with Crippen LogP contribution in [0.1, 0.15) is 0 Å². The summed E-state index contributed by atoms with van der Waals surface area (Å²) in [6, 6.07) is 54.9. The van der Waals surface area contributed by atoms with Crippen molar-refractivity contribution in [3.05, 3.63) is 152 Å². The minimum atomic E-state index is 0.844. The number of nitrogens with zero attached hydrogens (tertiary/aromatic N) is 3. The van der Waals surface area contributed by atoms with E-state index in [4.69, 9.17) is 9.97 Å². The Morgan fingerprint density at radius 3 is 1.96 bits per heavy atom. The van der Waals surface area contributed by atoms with E-state index in [2.05, 4.69) is 156 Å². The maximum Gasteiger partial charge on any atom is 0.165 e. The highest BCUT2D eigenvalue weighted by atomic mass is 32.1. The minimum absolute atomic E-state index is 0.844. The summed E-state index contributed by atoms with van der Waals surface area (Å²) in [5.74, 6) is 0.844. The monoisotopic (exact) mass is 651 g/mol. The van der Waals surface area contributed by atoms with Gasteiger partial charge in [0.25, 0.3) is 0 Å². The van der Waals surface area contributed by atoms with Crippen molar-refractivity contribution in [1.82, 2.24) is 14.5 Å². The third-order valence-corrected chi connectivity index (χ3v) is 11.8. The highest BCUT2D eigenvalue weighted by molar-refractivity contribution is 7.26. The standard InChI is InChI=1S/C46H25N3S/c1-2-8-26(9-3-1)27-16-18-30(19-17-27)44-46(47-34-22-20-28-10-4-5-12-31(28)45(34)48-44)49-35-23-21-29-11-6-13-32-33-14-7-15-37-40(33)43-38(50-37)25-24-36(49)42(43)41(35)39(29)32/h1-25H. The van der Waals surface area contributed by atoms with Gasteiger partial charge in [0.15, 0.2) is 5.82 Å². The molecule has 0 unspecified atom stereocenters. The molecule has 0 spiro atoms. The van der Waals surface area contributed by atoms with Crippen molar-refractivity contribution in [2.45, 2.75) is 0 Å². The Kier molecular flexibility index (Phi) is 5.12. The Balaban J connectivity index is 1.25. The molecule has 1 aliphatic rings. The molecule has 0 aliphatic heterocycles. The number of aromatic nitrogens is 3. The zero-order chi connectivity index (χ0) is 32.5. The zero-order valence-electron chi connectivity index (χ0n) is 26.7. The van der Waals surface area contributed by atoms with E-state index in [9.17, 15) is 0 Å². The molecule has 11 aromatic rings. The minimum Gasteiger partial charge on any atom is -0.292 e. The van der Waals surface area contributed by atoms with Crippen LogP contribution in [0.3, 0.4) is 0 Å². The summed E-state index contributed by atoms with van der Waals surface area (Å²) in [6.07, 6.45) is 0. The first-order valence-corrected chi connectivity index (χ1v) is 17.8. The molecule has 12 rings (SSSR count). The van der Waals surface area contributed by atoms with Gasteiger partial charge >= 0.3 is 0 Å². The average Bonchev–Trinajstić information content (AvgIpc) is 3.69. The molecule has 0 fully saturated rings. The van der Waals surface area contributed by atoms with Gasteiger partial charge in [-0.05, 0) is 68.7 Å². The number of benzene rings is 8. The molecule has 3 nitrogen and oxygen atoms in total. The lowest BCUT2D eigenvalue weighted by Crippen LogP contribution is -2.04. The Morgan fingerprint density at radius 1 is 0.420 bits per heavy atom. The molecule has 8 aromatic carbocycles.